The number of aromatic nitrogens is 1. The molecule has 0 aliphatic heterocycles. The smallest absolute Gasteiger partial charge is 0.277 e. The van der Waals surface area contributed by atoms with Gasteiger partial charge in [0.05, 0.1) is 12.3 Å². The Hall–Kier alpha value is -2.30. The maximum Gasteiger partial charge on any atom is 0.277 e. The SMILES string of the molecule is CCCOc1ccccc1NC(=O)c1cc(C2CC2)on1. The lowest BCUT2D eigenvalue weighted by Crippen LogP contribution is -2.13. The summed E-state index contributed by atoms with van der Waals surface area (Å²) in [4.78, 5) is 12.2. The largest absolute Gasteiger partial charge is 0.491 e. The third-order valence-electron chi connectivity index (χ3n) is 3.34. The molecule has 1 N–H and O–H groups in total. The van der Waals surface area contributed by atoms with E-state index in [9.17, 15) is 4.79 Å². The van der Waals surface area contributed by atoms with Gasteiger partial charge in [0.25, 0.3) is 5.91 Å². The molecular formula is C16H18N2O3. The molecule has 0 atom stereocenters. The Kier molecular flexibility index (Phi) is 3.90. The van der Waals surface area contributed by atoms with Gasteiger partial charge in [0.2, 0.25) is 0 Å². The number of nitrogens with one attached hydrogen (secondary N) is 1. The summed E-state index contributed by atoms with van der Waals surface area (Å²) in [6, 6.07) is 9.10. The van der Waals surface area contributed by atoms with E-state index in [1.54, 1.807) is 6.07 Å². The van der Waals surface area contributed by atoms with Crippen molar-refractivity contribution in [2.75, 3.05) is 11.9 Å². The maximum atomic E-state index is 12.2. The zero-order valence-corrected chi connectivity index (χ0v) is 12.0. The molecule has 1 aromatic heterocycles. The second kappa shape index (κ2) is 5.99. The predicted octanol–water partition coefficient (Wildman–Crippen LogP) is 3.59. The van der Waals surface area contributed by atoms with Gasteiger partial charge in [0, 0.05) is 12.0 Å². The Morgan fingerprint density at radius 3 is 3.00 bits per heavy atom. The van der Waals surface area contributed by atoms with Gasteiger partial charge in [-0.2, -0.15) is 0 Å². The minimum absolute atomic E-state index is 0.279. The Bertz CT molecular complexity index is 632. The van der Waals surface area contributed by atoms with Gasteiger partial charge in [-0.15, -0.1) is 0 Å². The van der Waals surface area contributed by atoms with E-state index < -0.39 is 0 Å². The number of hydrogen-bond donors (Lipinski definition) is 1. The summed E-state index contributed by atoms with van der Waals surface area (Å²) in [5.41, 5.74) is 0.953. The van der Waals surface area contributed by atoms with Gasteiger partial charge in [-0.1, -0.05) is 24.2 Å². The lowest BCUT2D eigenvalue weighted by atomic mass is 10.2. The van der Waals surface area contributed by atoms with Crippen LogP contribution in [-0.2, 0) is 0 Å². The van der Waals surface area contributed by atoms with Crippen LogP contribution in [0.15, 0.2) is 34.9 Å². The molecule has 1 heterocycles. The molecule has 110 valence electrons. The number of carbonyl (C=O) groups is 1. The summed E-state index contributed by atoms with van der Waals surface area (Å²) in [6.45, 7) is 2.65. The number of para-hydroxylation sites is 2. The first-order chi connectivity index (χ1) is 10.3. The van der Waals surface area contributed by atoms with Crippen LogP contribution in [0.25, 0.3) is 0 Å². The fourth-order valence-electron chi connectivity index (χ4n) is 2.05. The molecule has 0 bridgehead atoms. The first kappa shape index (κ1) is 13.7. The van der Waals surface area contributed by atoms with Crippen molar-refractivity contribution in [3.8, 4) is 5.75 Å². The average Bonchev–Trinajstić information content (AvgIpc) is 3.23. The van der Waals surface area contributed by atoms with Crippen LogP contribution in [0.1, 0.15) is 48.4 Å². The van der Waals surface area contributed by atoms with Crippen molar-refractivity contribution < 1.29 is 14.1 Å². The zero-order valence-electron chi connectivity index (χ0n) is 12.0. The fourth-order valence-corrected chi connectivity index (χ4v) is 2.05. The van der Waals surface area contributed by atoms with Crippen molar-refractivity contribution in [3.63, 3.8) is 0 Å². The number of anilines is 1. The van der Waals surface area contributed by atoms with Crippen molar-refractivity contribution in [2.24, 2.45) is 0 Å². The van der Waals surface area contributed by atoms with Crippen LogP contribution >= 0.6 is 0 Å². The van der Waals surface area contributed by atoms with Gasteiger partial charge in [0.1, 0.15) is 11.5 Å². The van der Waals surface area contributed by atoms with Crippen LogP contribution in [0.5, 0.6) is 5.75 Å². The Labute approximate surface area is 123 Å². The topological polar surface area (TPSA) is 64.4 Å². The lowest BCUT2D eigenvalue weighted by Gasteiger charge is -2.10. The number of carbonyl (C=O) groups excluding carboxylic acids is 1. The van der Waals surface area contributed by atoms with E-state index in [0.29, 0.717) is 29.7 Å². The molecule has 5 heteroatoms. The van der Waals surface area contributed by atoms with E-state index in [2.05, 4.69) is 10.5 Å². The van der Waals surface area contributed by atoms with E-state index in [4.69, 9.17) is 9.26 Å². The van der Waals surface area contributed by atoms with Crippen molar-refractivity contribution in [1.29, 1.82) is 0 Å². The predicted molar refractivity (Wildman–Crippen MR) is 78.7 cm³/mol. The zero-order chi connectivity index (χ0) is 14.7. The second-order valence-electron chi connectivity index (χ2n) is 5.19. The molecule has 5 nitrogen and oxygen atoms in total. The number of amides is 1. The van der Waals surface area contributed by atoms with E-state index in [0.717, 1.165) is 25.0 Å². The lowest BCUT2D eigenvalue weighted by molar-refractivity contribution is 0.101. The molecule has 0 saturated heterocycles. The minimum Gasteiger partial charge on any atom is -0.491 e. The molecule has 1 saturated carbocycles. The summed E-state index contributed by atoms with van der Waals surface area (Å²) in [6.07, 6.45) is 3.14. The van der Waals surface area contributed by atoms with Gasteiger partial charge < -0.3 is 14.6 Å². The summed E-state index contributed by atoms with van der Waals surface area (Å²) in [5, 5.41) is 6.66. The quantitative estimate of drug-likeness (QED) is 0.881. The second-order valence-corrected chi connectivity index (χ2v) is 5.19. The number of benzene rings is 1. The highest BCUT2D eigenvalue weighted by atomic mass is 16.5. The van der Waals surface area contributed by atoms with Crippen molar-refractivity contribution in [3.05, 3.63) is 41.8 Å². The molecular weight excluding hydrogens is 268 g/mol. The molecule has 1 aliphatic rings. The molecule has 0 spiro atoms. The van der Waals surface area contributed by atoms with Crippen LogP contribution in [0.4, 0.5) is 5.69 Å². The van der Waals surface area contributed by atoms with Crippen LogP contribution in [0, 0.1) is 0 Å². The molecule has 1 fully saturated rings. The van der Waals surface area contributed by atoms with Crippen LogP contribution in [-0.4, -0.2) is 17.7 Å². The number of hydrogen-bond acceptors (Lipinski definition) is 4. The Morgan fingerprint density at radius 1 is 1.43 bits per heavy atom. The van der Waals surface area contributed by atoms with Crippen molar-refractivity contribution in [1.82, 2.24) is 5.16 Å². The Balaban J connectivity index is 1.71. The fraction of sp³-hybridized carbons (Fsp3) is 0.375. The highest BCUT2D eigenvalue weighted by Gasteiger charge is 2.29. The summed E-state index contributed by atoms with van der Waals surface area (Å²) in [5.74, 6) is 1.63. The third-order valence-corrected chi connectivity index (χ3v) is 3.34. The van der Waals surface area contributed by atoms with E-state index in [1.165, 1.54) is 0 Å². The molecule has 1 aromatic carbocycles. The van der Waals surface area contributed by atoms with E-state index >= 15 is 0 Å². The number of rotatable bonds is 6. The monoisotopic (exact) mass is 286 g/mol. The maximum absolute atomic E-state index is 12.2. The van der Waals surface area contributed by atoms with Crippen molar-refractivity contribution >= 4 is 11.6 Å². The van der Waals surface area contributed by atoms with Crippen LogP contribution in [0.3, 0.4) is 0 Å². The highest BCUT2D eigenvalue weighted by molar-refractivity contribution is 6.03. The summed E-state index contributed by atoms with van der Waals surface area (Å²) in [7, 11) is 0. The molecule has 21 heavy (non-hydrogen) atoms. The highest BCUT2D eigenvalue weighted by Crippen LogP contribution is 2.40. The third kappa shape index (κ3) is 3.24. The van der Waals surface area contributed by atoms with Gasteiger partial charge in [-0.3, -0.25) is 4.79 Å². The standard InChI is InChI=1S/C16H18N2O3/c1-2-9-20-14-6-4-3-5-12(14)17-16(19)13-10-15(21-18-13)11-7-8-11/h3-6,10-11H,2,7-9H2,1H3,(H,17,19). The number of ether oxygens (including phenoxy) is 1. The van der Waals surface area contributed by atoms with Crippen LogP contribution < -0.4 is 10.1 Å². The van der Waals surface area contributed by atoms with Gasteiger partial charge >= 0.3 is 0 Å². The normalized spacial score (nSPS) is 14.0. The van der Waals surface area contributed by atoms with Gasteiger partial charge in [-0.25, -0.2) is 0 Å². The molecule has 3 rings (SSSR count). The van der Waals surface area contributed by atoms with Gasteiger partial charge in [0.15, 0.2) is 5.69 Å². The van der Waals surface area contributed by atoms with E-state index in [-0.39, 0.29) is 5.91 Å². The molecule has 2 aromatic rings. The average molecular weight is 286 g/mol. The van der Waals surface area contributed by atoms with Crippen molar-refractivity contribution in [2.45, 2.75) is 32.1 Å². The summed E-state index contributed by atoms with van der Waals surface area (Å²) < 4.78 is 10.8. The summed E-state index contributed by atoms with van der Waals surface area (Å²) >= 11 is 0. The Morgan fingerprint density at radius 2 is 2.24 bits per heavy atom. The molecule has 1 aliphatic carbocycles. The number of nitrogens with zero attached hydrogens (tertiary/aromatic N) is 1. The first-order valence-corrected chi connectivity index (χ1v) is 7.27. The molecule has 0 radical (unpaired) electrons. The first-order valence-electron chi connectivity index (χ1n) is 7.27. The van der Waals surface area contributed by atoms with Gasteiger partial charge in [-0.05, 0) is 31.4 Å². The molecule has 0 unspecified atom stereocenters. The molecule has 1 amide bonds. The van der Waals surface area contributed by atoms with E-state index in [1.807, 2.05) is 31.2 Å². The minimum atomic E-state index is -0.279. The van der Waals surface area contributed by atoms with Crippen LogP contribution in [0.2, 0.25) is 0 Å².